The van der Waals surface area contributed by atoms with E-state index in [0.717, 1.165) is 10.0 Å². The van der Waals surface area contributed by atoms with Gasteiger partial charge in [-0.15, -0.1) is 0 Å². The molecule has 6 nitrogen and oxygen atoms in total. The van der Waals surface area contributed by atoms with E-state index in [2.05, 4.69) is 0 Å². The molecule has 1 heterocycles. The van der Waals surface area contributed by atoms with Gasteiger partial charge in [0, 0.05) is 11.1 Å². The third-order valence-electron chi connectivity index (χ3n) is 5.41. The Morgan fingerprint density at radius 3 is 1.94 bits per heavy atom. The second kappa shape index (κ2) is 9.17. The van der Waals surface area contributed by atoms with Crippen molar-refractivity contribution in [3.05, 3.63) is 105 Å². The molecule has 1 aliphatic rings. The smallest absolute Gasteiger partial charge is 0.280 e. The molecular weight excluding hydrogens is 463 g/mol. The molecule has 0 N–H and O–H groups in total. The molecule has 0 fully saturated rings. The number of amides is 3. The van der Waals surface area contributed by atoms with Crippen LogP contribution in [0.3, 0.4) is 0 Å². The number of hydrogen-bond donors (Lipinski definition) is 0. The number of hydrazine groups is 1. The summed E-state index contributed by atoms with van der Waals surface area (Å²) in [5, 5.41) is 2.07. The van der Waals surface area contributed by atoms with Gasteiger partial charge in [-0.3, -0.25) is 19.2 Å². The lowest BCUT2D eigenvalue weighted by atomic mass is 10.0. The van der Waals surface area contributed by atoms with Gasteiger partial charge in [0.05, 0.1) is 21.2 Å². The van der Waals surface area contributed by atoms with Crippen LogP contribution in [-0.4, -0.2) is 39.6 Å². The van der Waals surface area contributed by atoms with Crippen molar-refractivity contribution in [2.75, 3.05) is 0 Å². The minimum absolute atomic E-state index is 0.0836. The minimum Gasteiger partial charge on any atom is -0.292 e. The van der Waals surface area contributed by atoms with E-state index in [9.17, 15) is 19.2 Å². The summed E-state index contributed by atoms with van der Waals surface area (Å²) in [4.78, 5) is 53.6. The average molecular weight is 481 g/mol. The number of ketones is 1. The number of fused-ring (bicyclic) bond motifs is 1. The summed E-state index contributed by atoms with van der Waals surface area (Å²) in [5.74, 6) is -2.48. The first-order chi connectivity index (χ1) is 15.8. The van der Waals surface area contributed by atoms with Crippen molar-refractivity contribution in [3.63, 3.8) is 0 Å². The SMILES string of the molecule is CC[C@@H](C(=O)c1ccccc1)N(C(=O)c1ccc(Cl)c(Cl)c1)N1C(=O)c2ccccc2C1=O. The minimum atomic E-state index is -1.11. The molecule has 0 saturated carbocycles. The number of rotatable bonds is 6. The van der Waals surface area contributed by atoms with Crippen LogP contribution >= 0.6 is 23.2 Å². The second-order valence-corrected chi connectivity index (χ2v) is 8.22. The Balaban J connectivity index is 1.84. The van der Waals surface area contributed by atoms with Crippen molar-refractivity contribution in [3.8, 4) is 0 Å². The molecule has 0 spiro atoms. The van der Waals surface area contributed by atoms with Crippen molar-refractivity contribution in [2.24, 2.45) is 0 Å². The van der Waals surface area contributed by atoms with E-state index in [-0.39, 0.29) is 33.2 Å². The zero-order valence-corrected chi connectivity index (χ0v) is 19.0. The van der Waals surface area contributed by atoms with Gasteiger partial charge in [-0.25, -0.2) is 5.01 Å². The van der Waals surface area contributed by atoms with Crippen molar-refractivity contribution in [1.29, 1.82) is 0 Å². The molecule has 1 aliphatic heterocycles. The Morgan fingerprint density at radius 2 is 1.39 bits per heavy atom. The van der Waals surface area contributed by atoms with Crippen LogP contribution in [0.25, 0.3) is 0 Å². The van der Waals surface area contributed by atoms with Crippen molar-refractivity contribution in [1.82, 2.24) is 10.0 Å². The Morgan fingerprint density at radius 1 is 0.818 bits per heavy atom. The highest BCUT2D eigenvalue weighted by Gasteiger charge is 2.45. The average Bonchev–Trinajstić information content (AvgIpc) is 3.09. The normalized spacial score (nSPS) is 13.6. The Bertz CT molecular complexity index is 1240. The fourth-order valence-electron chi connectivity index (χ4n) is 3.77. The predicted molar refractivity (Wildman–Crippen MR) is 124 cm³/mol. The summed E-state index contributed by atoms with van der Waals surface area (Å²) in [5.41, 5.74) is 0.765. The first-order valence-corrected chi connectivity index (χ1v) is 11.0. The lowest BCUT2D eigenvalue weighted by molar-refractivity contribution is -0.00971. The van der Waals surface area contributed by atoms with Crippen LogP contribution in [0.5, 0.6) is 0 Å². The highest BCUT2D eigenvalue weighted by atomic mass is 35.5. The fraction of sp³-hybridized carbons (Fsp3) is 0.120. The predicted octanol–water partition coefficient (Wildman–Crippen LogP) is 5.31. The summed E-state index contributed by atoms with van der Waals surface area (Å²) in [6.07, 6.45) is 0.161. The van der Waals surface area contributed by atoms with E-state index >= 15 is 0 Å². The number of imide groups is 1. The number of Topliss-reactive ketones (excluding diaryl/α,β-unsaturated/α-hetero) is 1. The molecule has 8 heteroatoms. The van der Waals surface area contributed by atoms with Gasteiger partial charge in [0.25, 0.3) is 17.7 Å². The van der Waals surface area contributed by atoms with Crippen molar-refractivity contribution >= 4 is 46.7 Å². The van der Waals surface area contributed by atoms with Gasteiger partial charge in [-0.1, -0.05) is 72.6 Å². The van der Waals surface area contributed by atoms with Gasteiger partial charge in [0.2, 0.25) is 0 Å². The highest BCUT2D eigenvalue weighted by Crippen LogP contribution is 2.30. The molecule has 3 aromatic rings. The van der Waals surface area contributed by atoms with E-state index in [1.54, 1.807) is 49.4 Å². The summed E-state index contributed by atoms with van der Waals surface area (Å²) < 4.78 is 0. The largest absolute Gasteiger partial charge is 0.292 e. The van der Waals surface area contributed by atoms with Crippen molar-refractivity contribution in [2.45, 2.75) is 19.4 Å². The topological polar surface area (TPSA) is 74.8 Å². The Labute approximate surface area is 200 Å². The number of benzene rings is 3. The zero-order chi connectivity index (χ0) is 23.7. The molecular formula is C25H18Cl2N2O4. The summed E-state index contributed by atoms with van der Waals surface area (Å²) in [6.45, 7) is 1.71. The summed E-state index contributed by atoms with van der Waals surface area (Å²) in [7, 11) is 0. The number of hydrogen-bond acceptors (Lipinski definition) is 4. The fourth-order valence-corrected chi connectivity index (χ4v) is 4.07. The molecule has 0 saturated heterocycles. The first-order valence-electron chi connectivity index (χ1n) is 10.2. The summed E-state index contributed by atoms with van der Waals surface area (Å²) in [6, 6.07) is 17.8. The van der Waals surface area contributed by atoms with E-state index in [4.69, 9.17) is 23.2 Å². The lowest BCUT2D eigenvalue weighted by Gasteiger charge is -2.35. The molecule has 0 aliphatic carbocycles. The van der Waals surface area contributed by atoms with Gasteiger partial charge in [0.15, 0.2) is 5.78 Å². The van der Waals surface area contributed by atoms with Crippen LogP contribution in [0.2, 0.25) is 10.0 Å². The molecule has 0 radical (unpaired) electrons. The molecule has 166 valence electrons. The van der Waals surface area contributed by atoms with Gasteiger partial charge in [-0.05, 0) is 36.8 Å². The molecule has 33 heavy (non-hydrogen) atoms. The van der Waals surface area contributed by atoms with Crippen LogP contribution in [0.4, 0.5) is 0 Å². The number of halogens is 2. The second-order valence-electron chi connectivity index (χ2n) is 7.40. The van der Waals surface area contributed by atoms with Gasteiger partial charge >= 0.3 is 0 Å². The first kappa shape index (κ1) is 22.7. The molecule has 1 atom stereocenters. The van der Waals surface area contributed by atoms with Gasteiger partial charge < -0.3 is 0 Å². The maximum atomic E-state index is 13.7. The van der Waals surface area contributed by atoms with Crippen molar-refractivity contribution < 1.29 is 19.2 Å². The molecule has 0 unspecified atom stereocenters. The van der Waals surface area contributed by atoms with Gasteiger partial charge in [0.1, 0.15) is 6.04 Å². The van der Waals surface area contributed by atoms with Gasteiger partial charge in [-0.2, -0.15) is 5.01 Å². The Hall–Kier alpha value is -3.48. The van der Waals surface area contributed by atoms with Crippen LogP contribution in [0.15, 0.2) is 72.8 Å². The van der Waals surface area contributed by atoms with Crippen LogP contribution in [-0.2, 0) is 0 Å². The number of nitrogens with zero attached hydrogens (tertiary/aromatic N) is 2. The molecule has 3 aromatic carbocycles. The highest BCUT2D eigenvalue weighted by molar-refractivity contribution is 6.42. The number of carbonyl (C=O) groups excluding carboxylic acids is 4. The van der Waals surface area contributed by atoms with Crippen LogP contribution < -0.4 is 0 Å². The molecule has 0 aromatic heterocycles. The van der Waals surface area contributed by atoms with E-state index in [0.29, 0.717) is 5.56 Å². The van der Waals surface area contributed by atoms with Crippen LogP contribution in [0, 0.1) is 0 Å². The molecule has 0 bridgehead atoms. The number of carbonyl (C=O) groups is 4. The summed E-state index contributed by atoms with van der Waals surface area (Å²) >= 11 is 12.1. The standard InChI is InChI=1S/C25H18Cl2N2O4/c1-2-21(22(30)15-8-4-3-5-9-15)28(23(31)16-12-13-19(26)20(27)14-16)29-24(32)17-10-6-7-11-18(17)25(29)33/h3-14,21H,2H2,1H3/t21-/m0/s1. The third kappa shape index (κ3) is 4.03. The van der Waals surface area contributed by atoms with E-state index in [1.165, 1.54) is 30.3 Å². The molecule has 4 rings (SSSR count). The lowest BCUT2D eigenvalue weighted by Crippen LogP contribution is -2.57. The van der Waals surface area contributed by atoms with Crippen LogP contribution in [0.1, 0.15) is 54.8 Å². The third-order valence-corrected chi connectivity index (χ3v) is 6.14. The van der Waals surface area contributed by atoms with E-state index < -0.39 is 29.5 Å². The Kier molecular flexibility index (Phi) is 6.31. The monoisotopic (exact) mass is 480 g/mol. The molecule has 3 amide bonds. The zero-order valence-electron chi connectivity index (χ0n) is 17.5. The quantitative estimate of drug-likeness (QED) is 0.354. The maximum absolute atomic E-state index is 13.7. The van der Waals surface area contributed by atoms with E-state index in [1.807, 2.05) is 0 Å². The maximum Gasteiger partial charge on any atom is 0.280 e.